The van der Waals surface area contributed by atoms with E-state index in [0.29, 0.717) is 11.3 Å². The monoisotopic (exact) mass is 302 g/mol. The molecule has 1 saturated carbocycles. The normalized spacial score (nSPS) is 13.6. The van der Waals surface area contributed by atoms with Crippen molar-refractivity contribution in [2.45, 2.75) is 25.3 Å². The maximum atomic E-state index is 11.8. The quantitative estimate of drug-likeness (QED) is 0.536. The standard InChI is InChI=1S/C14H14N4O4/c19-12(16-17-14(21)13(20)15-8-5-6-8)7-10-9-3-1-2-4-11(9)22-18-10/h1-4,8H,5-7H2,(H,15,20)(H,16,19)(H,17,21). The highest BCUT2D eigenvalue weighted by atomic mass is 16.5. The lowest BCUT2D eigenvalue weighted by Gasteiger charge is -2.06. The van der Waals surface area contributed by atoms with Gasteiger partial charge in [0.05, 0.1) is 6.42 Å². The Bertz CT molecular complexity index is 735. The average molecular weight is 302 g/mol. The van der Waals surface area contributed by atoms with E-state index >= 15 is 0 Å². The summed E-state index contributed by atoms with van der Waals surface area (Å²) >= 11 is 0. The van der Waals surface area contributed by atoms with Crippen molar-refractivity contribution in [3.05, 3.63) is 30.0 Å². The minimum Gasteiger partial charge on any atom is -0.356 e. The van der Waals surface area contributed by atoms with Crippen LogP contribution in [0.15, 0.2) is 28.8 Å². The van der Waals surface area contributed by atoms with Gasteiger partial charge in [-0.15, -0.1) is 0 Å². The van der Waals surface area contributed by atoms with Crippen LogP contribution in [0.3, 0.4) is 0 Å². The number of para-hydroxylation sites is 1. The topological polar surface area (TPSA) is 113 Å². The molecule has 0 saturated heterocycles. The summed E-state index contributed by atoms with van der Waals surface area (Å²) < 4.78 is 5.08. The minimum atomic E-state index is -0.898. The number of fused-ring (bicyclic) bond motifs is 1. The predicted octanol–water partition coefficient (Wildman–Crippen LogP) is -0.204. The van der Waals surface area contributed by atoms with Crippen LogP contribution in [-0.2, 0) is 20.8 Å². The summed E-state index contributed by atoms with van der Waals surface area (Å²) in [5, 5.41) is 7.07. The van der Waals surface area contributed by atoms with Crippen molar-refractivity contribution in [2.24, 2.45) is 0 Å². The van der Waals surface area contributed by atoms with Gasteiger partial charge in [0.25, 0.3) is 0 Å². The van der Waals surface area contributed by atoms with Crippen molar-refractivity contribution < 1.29 is 18.9 Å². The fourth-order valence-electron chi connectivity index (χ4n) is 1.92. The van der Waals surface area contributed by atoms with Crippen LogP contribution in [0.1, 0.15) is 18.5 Å². The van der Waals surface area contributed by atoms with Gasteiger partial charge >= 0.3 is 11.8 Å². The second-order valence-electron chi connectivity index (χ2n) is 5.05. The van der Waals surface area contributed by atoms with Gasteiger partial charge in [0.2, 0.25) is 5.91 Å². The third-order valence-electron chi connectivity index (χ3n) is 3.21. The number of nitrogens with one attached hydrogen (secondary N) is 3. The molecule has 1 fully saturated rings. The minimum absolute atomic E-state index is 0.0679. The molecular weight excluding hydrogens is 288 g/mol. The fourth-order valence-corrected chi connectivity index (χ4v) is 1.92. The van der Waals surface area contributed by atoms with Crippen molar-refractivity contribution in [1.82, 2.24) is 21.3 Å². The van der Waals surface area contributed by atoms with Crippen LogP contribution in [0.4, 0.5) is 0 Å². The first-order valence-electron chi connectivity index (χ1n) is 6.86. The number of hydrazine groups is 1. The second kappa shape index (κ2) is 5.84. The van der Waals surface area contributed by atoms with Gasteiger partial charge in [0.1, 0.15) is 5.69 Å². The lowest BCUT2D eigenvalue weighted by atomic mass is 10.2. The smallest absolute Gasteiger partial charge is 0.327 e. The average Bonchev–Trinajstić information content (AvgIpc) is 3.24. The Labute approximate surface area is 125 Å². The van der Waals surface area contributed by atoms with Gasteiger partial charge in [0.15, 0.2) is 5.58 Å². The highest BCUT2D eigenvalue weighted by Gasteiger charge is 2.26. The van der Waals surface area contributed by atoms with E-state index in [1.807, 2.05) is 6.07 Å². The largest absolute Gasteiger partial charge is 0.356 e. The summed E-state index contributed by atoms with van der Waals surface area (Å²) in [6.07, 6.45) is 1.69. The Morgan fingerprint density at radius 2 is 1.91 bits per heavy atom. The number of aromatic nitrogens is 1. The molecule has 3 rings (SSSR count). The number of hydrogen-bond donors (Lipinski definition) is 3. The number of rotatable bonds is 3. The number of nitrogens with zero attached hydrogens (tertiary/aromatic N) is 1. The van der Waals surface area contributed by atoms with Crippen LogP contribution >= 0.6 is 0 Å². The Kier molecular flexibility index (Phi) is 3.73. The van der Waals surface area contributed by atoms with E-state index in [0.717, 1.165) is 18.2 Å². The van der Waals surface area contributed by atoms with Crippen molar-refractivity contribution in [1.29, 1.82) is 0 Å². The zero-order chi connectivity index (χ0) is 15.5. The molecule has 3 N–H and O–H groups in total. The molecule has 0 unspecified atom stereocenters. The summed E-state index contributed by atoms with van der Waals surface area (Å²) in [6.45, 7) is 0. The molecule has 114 valence electrons. The maximum Gasteiger partial charge on any atom is 0.327 e. The number of benzene rings is 1. The number of hydrogen-bond acceptors (Lipinski definition) is 5. The van der Waals surface area contributed by atoms with E-state index in [9.17, 15) is 14.4 Å². The number of amides is 3. The Hall–Kier alpha value is -2.90. The van der Waals surface area contributed by atoms with Gasteiger partial charge in [-0.05, 0) is 25.0 Å². The highest BCUT2D eigenvalue weighted by Crippen LogP contribution is 2.18. The molecule has 1 aliphatic rings. The fraction of sp³-hybridized carbons (Fsp3) is 0.286. The first kappa shape index (κ1) is 14.1. The van der Waals surface area contributed by atoms with Crippen molar-refractivity contribution in [3.8, 4) is 0 Å². The highest BCUT2D eigenvalue weighted by molar-refractivity contribution is 6.35. The summed E-state index contributed by atoms with van der Waals surface area (Å²) in [4.78, 5) is 34.6. The summed E-state index contributed by atoms with van der Waals surface area (Å²) in [5.41, 5.74) is 5.29. The molecular formula is C14H14N4O4. The first-order valence-corrected chi connectivity index (χ1v) is 6.86. The zero-order valence-corrected chi connectivity index (χ0v) is 11.6. The predicted molar refractivity (Wildman–Crippen MR) is 75.2 cm³/mol. The molecule has 3 amide bonds. The Morgan fingerprint density at radius 3 is 2.68 bits per heavy atom. The lowest BCUT2D eigenvalue weighted by Crippen LogP contribution is -2.49. The van der Waals surface area contributed by atoms with Crippen LogP contribution in [-0.4, -0.2) is 28.9 Å². The van der Waals surface area contributed by atoms with E-state index in [1.165, 1.54) is 0 Å². The van der Waals surface area contributed by atoms with Gasteiger partial charge in [-0.3, -0.25) is 25.2 Å². The first-order chi connectivity index (χ1) is 10.6. The van der Waals surface area contributed by atoms with Crippen molar-refractivity contribution in [3.63, 3.8) is 0 Å². The van der Waals surface area contributed by atoms with E-state index in [4.69, 9.17) is 4.52 Å². The van der Waals surface area contributed by atoms with Crippen LogP contribution < -0.4 is 16.2 Å². The van der Waals surface area contributed by atoms with E-state index in [2.05, 4.69) is 21.3 Å². The van der Waals surface area contributed by atoms with E-state index in [1.54, 1.807) is 18.2 Å². The van der Waals surface area contributed by atoms with Crippen LogP contribution in [0.25, 0.3) is 11.0 Å². The Morgan fingerprint density at radius 1 is 1.14 bits per heavy atom. The Balaban J connectivity index is 1.51. The van der Waals surface area contributed by atoms with Gasteiger partial charge in [-0.25, -0.2) is 0 Å². The van der Waals surface area contributed by atoms with Crippen molar-refractivity contribution >= 4 is 28.7 Å². The SMILES string of the molecule is O=C(Cc1noc2ccccc12)NNC(=O)C(=O)NC1CC1. The molecule has 0 bridgehead atoms. The lowest BCUT2D eigenvalue weighted by molar-refractivity contribution is -0.140. The molecule has 8 heteroatoms. The summed E-state index contributed by atoms with van der Waals surface area (Å²) in [5.74, 6) is -2.15. The summed E-state index contributed by atoms with van der Waals surface area (Å²) in [7, 11) is 0. The van der Waals surface area contributed by atoms with E-state index in [-0.39, 0.29) is 12.5 Å². The van der Waals surface area contributed by atoms with Gasteiger partial charge in [-0.1, -0.05) is 17.3 Å². The van der Waals surface area contributed by atoms with Gasteiger partial charge in [-0.2, -0.15) is 0 Å². The maximum absolute atomic E-state index is 11.8. The molecule has 0 aliphatic heterocycles. The molecule has 0 radical (unpaired) electrons. The van der Waals surface area contributed by atoms with Crippen molar-refractivity contribution in [2.75, 3.05) is 0 Å². The van der Waals surface area contributed by atoms with Gasteiger partial charge in [0, 0.05) is 11.4 Å². The van der Waals surface area contributed by atoms with E-state index < -0.39 is 17.7 Å². The van der Waals surface area contributed by atoms with Crippen LogP contribution in [0.2, 0.25) is 0 Å². The van der Waals surface area contributed by atoms with Crippen LogP contribution in [0, 0.1) is 0 Å². The number of carbonyl (C=O) groups excluding carboxylic acids is 3. The molecule has 0 spiro atoms. The molecule has 22 heavy (non-hydrogen) atoms. The molecule has 1 aliphatic carbocycles. The third kappa shape index (κ3) is 3.22. The molecule has 1 heterocycles. The summed E-state index contributed by atoms with van der Waals surface area (Å²) in [6, 6.07) is 7.22. The molecule has 8 nitrogen and oxygen atoms in total. The second-order valence-corrected chi connectivity index (χ2v) is 5.05. The molecule has 1 aromatic heterocycles. The zero-order valence-electron chi connectivity index (χ0n) is 11.6. The van der Waals surface area contributed by atoms with Crippen LogP contribution in [0.5, 0.6) is 0 Å². The third-order valence-corrected chi connectivity index (χ3v) is 3.21. The molecule has 1 aromatic carbocycles. The molecule has 2 aromatic rings. The van der Waals surface area contributed by atoms with Gasteiger partial charge < -0.3 is 9.84 Å². The molecule has 0 atom stereocenters. The number of carbonyl (C=O) groups is 3.